The average molecular weight is 156 g/mol. The van der Waals surface area contributed by atoms with Crippen molar-refractivity contribution in [1.82, 2.24) is 9.78 Å². The van der Waals surface area contributed by atoms with E-state index in [9.17, 15) is 0 Å². The van der Waals surface area contributed by atoms with Crippen LogP contribution >= 0.6 is 12.6 Å². The van der Waals surface area contributed by atoms with Gasteiger partial charge in [0, 0.05) is 5.69 Å². The number of aromatic nitrogens is 2. The molecule has 0 amide bonds. The second-order valence-electron chi connectivity index (χ2n) is 2.50. The lowest BCUT2D eigenvalue weighted by molar-refractivity contribution is 0.622. The van der Waals surface area contributed by atoms with Gasteiger partial charge in [-0.2, -0.15) is 17.7 Å². The van der Waals surface area contributed by atoms with E-state index >= 15 is 0 Å². The van der Waals surface area contributed by atoms with Crippen LogP contribution in [-0.4, -0.2) is 9.78 Å². The molecule has 0 fully saturated rings. The molecule has 1 atom stereocenters. The first-order valence-electron chi connectivity index (χ1n) is 3.32. The molecule has 0 bridgehead atoms. The van der Waals surface area contributed by atoms with Crippen LogP contribution in [0, 0.1) is 13.8 Å². The highest BCUT2D eigenvalue weighted by Gasteiger charge is 2.02. The Labute approximate surface area is 66.7 Å². The Balaban J connectivity index is 3.03. The van der Waals surface area contributed by atoms with Crippen molar-refractivity contribution in [2.24, 2.45) is 0 Å². The van der Waals surface area contributed by atoms with Crippen LogP contribution in [0.5, 0.6) is 0 Å². The Hall–Kier alpha value is -0.440. The molecule has 0 saturated carbocycles. The van der Waals surface area contributed by atoms with Crippen molar-refractivity contribution in [2.45, 2.75) is 26.1 Å². The van der Waals surface area contributed by atoms with Crippen LogP contribution in [0.15, 0.2) is 6.07 Å². The lowest BCUT2D eigenvalue weighted by atomic mass is 10.4. The lowest BCUT2D eigenvalue weighted by Crippen LogP contribution is -2.02. The van der Waals surface area contributed by atoms with Crippen LogP contribution in [0.25, 0.3) is 0 Å². The average Bonchev–Trinajstić information content (AvgIpc) is 2.10. The van der Waals surface area contributed by atoms with Crippen LogP contribution in [-0.2, 0) is 0 Å². The van der Waals surface area contributed by atoms with Crippen molar-refractivity contribution < 1.29 is 0 Å². The number of hydrogen-bond acceptors (Lipinski definition) is 2. The molecular weight excluding hydrogens is 144 g/mol. The van der Waals surface area contributed by atoms with E-state index in [0.29, 0.717) is 0 Å². The van der Waals surface area contributed by atoms with Gasteiger partial charge in [0.15, 0.2) is 0 Å². The van der Waals surface area contributed by atoms with E-state index in [1.807, 2.05) is 31.5 Å². The maximum absolute atomic E-state index is 4.27. The molecule has 1 unspecified atom stereocenters. The van der Waals surface area contributed by atoms with Crippen molar-refractivity contribution >= 4 is 12.6 Å². The van der Waals surface area contributed by atoms with Crippen LogP contribution in [0.4, 0.5) is 0 Å². The van der Waals surface area contributed by atoms with Crippen molar-refractivity contribution in [3.05, 3.63) is 17.5 Å². The molecule has 1 aromatic heterocycles. The Morgan fingerprint density at radius 2 is 2.20 bits per heavy atom. The zero-order valence-electron chi connectivity index (χ0n) is 6.50. The second-order valence-corrected chi connectivity index (χ2v) is 3.25. The standard InChI is InChI=1S/C7H12N2S/c1-5-4-6(2)9(8-5)7(3)10/h4,7,10H,1-3H3. The fourth-order valence-corrected chi connectivity index (χ4v) is 1.26. The molecule has 0 radical (unpaired) electrons. The lowest BCUT2D eigenvalue weighted by Gasteiger charge is -2.05. The minimum absolute atomic E-state index is 0.175. The van der Waals surface area contributed by atoms with E-state index in [-0.39, 0.29) is 5.37 Å². The van der Waals surface area contributed by atoms with E-state index in [0.717, 1.165) is 5.69 Å². The molecular formula is C7H12N2S. The van der Waals surface area contributed by atoms with Gasteiger partial charge in [-0.05, 0) is 26.8 Å². The Kier molecular flexibility index (Phi) is 2.04. The predicted molar refractivity (Wildman–Crippen MR) is 45.4 cm³/mol. The molecule has 0 aliphatic heterocycles. The van der Waals surface area contributed by atoms with Gasteiger partial charge >= 0.3 is 0 Å². The van der Waals surface area contributed by atoms with Crippen LogP contribution in [0.2, 0.25) is 0 Å². The summed E-state index contributed by atoms with van der Waals surface area (Å²) < 4.78 is 1.90. The molecule has 1 heterocycles. The molecule has 0 aromatic carbocycles. The third kappa shape index (κ3) is 1.34. The van der Waals surface area contributed by atoms with Gasteiger partial charge in [-0.15, -0.1) is 0 Å². The number of hydrogen-bond donors (Lipinski definition) is 1. The van der Waals surface area contributed by atoms with Gasteiger partial charge in [-0.3, -0.25) is 4.68 Å². The number of thiol groups is 1. The van der Waals surface area contributed by atoms with Gasteiger partial charge in [0.05, 0.1) is 11.1 Å². The quantitative estimate of drug-likeness (QED) is 0.615. The third-order valence-corrected chi connectivity index (χ3v) is 1.62. The molecule has 0 aliphatic rings. The second kappa shape index (κ2) is 2.66. The van der Waals surface area contributed by atoms with Crippen molar-refractivity contribution in [3.8, 4) is 0 Å². The molecule has 3 heteroatoms. The van der Waals surface area contributed by atoms with Gasteiger partial charge in [0.25, 0.3) is 0 Å². The molecule has 0 spiro atoms. The first-order chi connectivity index (χ1) is 4.61. The predicted octanol–water partition coefficient (Wildman–Crippen LogP) is 1.95. The summed E-state index contributed by atoms with van der Waals surface area (Å²) in [5.41, 5.74) is 2.22. The molecule has 1 aromatic rings. The van der Waals surface area contributed by atoms with E-state index in [1.165, 1.54) is 5.69 Å². The molecule has 0 aliphatic carbocycles. The minimum atomic E-state index is 0.175. The number of rotatable bonds is 1. The maximum atomic E-state index is 4.27. The van der Waals surface area contributed by atoms with Gasteiger partial charge < -0.3 is 0 Å². The van der Waals surface area contributed by atoms with Crippen LogP contribution < -0.4 is 0 Å². The summed E-state index contributed by atoms with van der Waals surface area (Å²) in [5.74, 6) is 0. The summed E-state index contributed by atoms with van der Waals surface area (Å²) in [7, 11) is 0. The highest BCUT2D eigenvalue weighted by atomic mass is 32.1. The number of nitrogens with zero attached hydrogens (tertiary/aromatic N) is 2. The summed E-state index contributed by atoms with van der Waals surface area (Å²) >= 11 is 4.27. The van der Waals surface area contributed by atoms with E-state index in [2.05, 4.69) is 17.7 Å². The fraction of sp³-hybridized carbons (Fsp3) is 0.571. The van der Waals surface area contributed by atoms with Gasteiger partial charge in [-0.25, -0.2) is 0 Å². The Morgan fingerprint density at radius 1 is 1.60 bits per heavy atom. The smallest absolute Gasteiger partial charge is 0.0917 e. The van der Waals surface area contributed by atoms with Crippen molar-refractivity contribution in [1.29, 1.82) is 0 Å². The minimum Gasteiger partial charge on any atom is -0.257 e. The summed E-state index contributed by atoms with van der Waals surface area (Å²) in [5, 5.41) is 4.42. The van der Waals surface area contributed by atoms with Crippen molar-refractivity contribution in [2.75, 3.05) is 0 Å². The Bertz CT molecular complexity index is 228. The molecule has 10 heavy (non-hydrogen) atoms. The molecule has 56 valence electrons. The monoisotopic (exact) mass is 156 g/mol. The fourth-order valence-electron chi connectivity index (χ4n) is 1.02. The van der Waals surface area contributed by atoms with E-state index < -0.39 is 0 Å². The molecule has 0 N–H and O–H groups in total. The summed E-state index contributed by atoms with van der Waals surface area (Å²) in [6.45, 7) is 6.02. The van der Waals surface area contributed by atoms with Gasteiger partial charge in [0.1, 0.15) is 0 Å². The largest absolute Gasteiger partial charge is 0.257 e. The summed E-state index contributed by atoms with van der Waals surface area (Å²) in [4.78, 5) is 0. The van der Waals surface area contributed by atoms with Gasteiger partial charge in [-0.1, -0.05) is 0 Å². The molecule has 0 saturated heterocycles. The summed E-state index contributed by atoms with van der Waals surface area (Å²) in [6.07, 6.45) is 0. The topological polar surface area (TPSA) is 17.8 Å². The highest BCUT2D eigenvalue weighted by molar-refractivity contribution is 7.80. The Morgan fingerprint density at radius 3 is 2.40 bits per heavy atom. The summed E-state index contributed by atoms with van der Waals surface area (Å²) in [6, 6.07) is 2.05. The molecule has 1 rings (SSSR count). The normalized spacial score (nSPS) is 13.6. The highest BCUT2D eigenvalue weighted by Crippen LogP contribution is 2.12. The zero-order valence-corrected chi connectivity index (χ0v) is 7.39. The molecule has 2 nitrogen and oxygen atoms in total. The zero-order chi connectivity index (χ0) is 7.72. The SMILES string of the molecule is Cc1cc(C)n(C(C)S)n1. The number of aryl methyl sites for hydroxylation is 2. The first kappa shape index (κ1) is 7.66. The van der Waals surface area contributed by atoms with Crippen molar-refractivity contribution in [3.63, 3.8) is 0 Å². The van der Waals surface area contributed by atoms with Gasteiger partial charge in [0.2, 0.25) is 0 Å². The first-order valence-corrected chi connectivity index (χ1v) is 3.83. The van der Waals surface area contributed by atoms with Crippen LogP contribution in [0.1, 0.15) is 23.7 Å². The third-order valence-electron chi connectivity index (χ3n) is 1.40. The van der Waals surface area contributed by atoms with Crippen LogP contribution in [0.3, 0.4) is 0 Å². The maximum Gasteiger partial charge on any atom is 0.0917 e. The van der Waals surface area contributed by atoms with E-state index in [4.69, 9.17) is 0 Å². The van der Waals surface area contributed by atoms with E-state index in [1.54, 1.807) is 0 Å².